The molecule has 0 radical (unpaired) electrons. The van der Waals surface area contributed by atoms with Crippen LogP contribution in [0.25, 0.3) is 10.9 Å². The van der Waals surface area contributed by atoms with Crippen molar-refractivity contribution in [3.05, 3.63) is 36.0 Å². The van der Waals surface area contributed by atoms with Crippen LogP contribution in [0.1, 0.15) is 25.8 Å². The molecule has 1 atom stereocenters. The molecule has 0 spiro atoms. The third kappa shape index (κ3) is 4.74. The van der Waals surface area contributed by atoms with Crippen molar-refractivity contribution in [2.75, 3.05) is 6.54 Å². The minimum Gasteiger partial charge on any atom is -0.480 e. The quantitative estimate of drug-likeness (QED) is 0.632. The zero-order chi connectivity index (χ0) is 16.8. The molecule has 0 aliphatic carbocycles. The van der Waals surface area contributed by atoms with Crippen LogP contribution in [0.15, 0.2) is 30.5 Å². The van der Waals surface area contributed by atoms with Crippen LogP contribution in [0.4, 0.5) is 4.79 Å². The topological polar surface area (TPSA) is 94.2 Å². The molecule has 2 rings (SSSR count). The number of aromatic amines is 1. The second-order valence-corrected chi connectivity index (χ2v) is 6.03. The summed E-state index contributed by atoms with van der Waals surface area (Å²) in [7, 11) is 0. The summed E-state index contributed by atoms with van der Waals surface area (Å²) >= 11 is 0. The molecule has 0 saturated carbocycles. The summed E-state index contributed by atoms with van der Waals surface area (Å²) in [6.07, 6.45) is 3.02. The van der Waals surface area contributed by atoms with Crippen LogP contribution in [0.2, 0.25) is 0 Å². The number of urea groups is 1. The smallest absolute Gasteiger partial charge is 0.326 e. The standard InChI is InChI=1S/C17H23N3O3/c1-11(2)9-15(16(21)22)20-17(23)18-8-7-12-10-19-14-6-4-3-5-13(12)14/h3-6,10-11,15,19H,7-9H2,1-2H3,(H,21,22)(H2,18,20,23)/t15-/m0/s1. The van der Waals surface area contributed by atoms with E-state index in [1.807, 2.05) is 44.3 Å². The first-order chi connectivity index (χ1) is 11.0. The third-order valence-corrected chi connectivity index (χ3v) is 3.67. The number of fused-ring (bicyclic) bond motifs is 1. The molecule has 23 heavy (non-hydrogen) atoms. The van der Waals surface area contributed by atoms with Crippen molar-refractivity contribution < 1.29 is 14.7 Å². The summed E-state index contributed by atoms with van der Waals surface area (Å²) in [6.45, 7) is 4.29. The molecule has 124 valence electrons. The molecule has 1 heterocycles. The van der Waals surface area contributed by atoms with Gasteiger partial charge in [-0.2, -0.15) is 0 Å². The number of H-pyrrole nitrogens is 1. The fourth-order valence-electron chi connectivity index (χ4n) is 2.55. The van der Waals surface area contributed by atoms with Crippen LogP contribution >= 0.6 is 0 Å². The summed E-state index contributed by atoms with van der Waals surface area (Å²) in [6, 6.07) is 6.67. The van der Waals surface area contributed by atoms with Crippen molar-refractivity contribution in [3.63, 3.8) is 0 Å². The number of nitrogens with one attached hydrogen (secondary N) is 3. The van der Waals surface area contributed by atoms with Crippen molar-refractivity contribution in [1.82, 2.24) is 15.6 Å². The summed E-state index contributed by atoms with van der Waals surface area (Å²) < 4.78 is 0. The van der Waals surface area contributed by atoms with Gasteiger partial charge in [0.1, 0.15) is 6.04 Å². The number of benzene rings is 1. The van der Waals surface area contributed by atoms with Gasteiger partial charge in [-0.3, -0.25) is 0 Å². The number of carbonyl (C=O) groups is 2. The van der Waals surface area contributed by atoms with Crippen LogP contribution < -0.4 is 10.6 Å². The highest BCUT2D eigenvalue weighted by atomic mass is 16.4. The molecular formula is C17H23N3O3. The van der Waals surface area contributed by atoms with Gasteiger partial charge in [0.15, 0.2) is 0 Å². The van der Waals surface area contributed by atoms with E-state index in [2.05, 4.69) is 15.6 Å². The molecule has 1 aromatic heterocycles. The van der Waals surface area contributed by atoms with Crippen molar-refractivity contribution in [2.24, 2.45) is 5.92 Å². The maximum Gasteiger partial charge on any atom is 0.326 e. The maximum absolute atomic E-state index is 11.8. The van der Waals surface area contributed by atoms with Gasteiger partial charge in [0.2, 0.25) is 0 Å². The number of rotatable bonds is 7. The zero-order valence-electron chi connectivity index (χ0n) is 13.4. The Hall–Kier alpha value is -2.50. The predicted octanol–water partition coefficient (Wildman–Crippen LogP) is 2.51. The number of aromatic nitrogens is 1. The SMILES string of the molecule is CC(C)C[C@H](NC(=O)NCCc1c[nH]c2ccccc12)C(=O)O. The molecule has 0 unspecified atom stereocenters. The molecule has 6 heteroatoms. The lowest BCUT2D eigenvalue weighted by Gasteiger charge is -2.16. The van der Waals surface area contributed by atoms with E-state index in [9.17, 15) is 9.59 Å². The van der Waals surface area contributed by atoms with E-state index in [4.69, 9.17) is 5.11 Å². The lowest BCUT2D eigenvalue weighted by Crippen LogP contribution is -2.47. The summed E-state index contributed by atoms with van der Waals surface area (Å²) in [5.74, 6) is -0.812. The number of hydrogen-bond acceptors (Lipinski definition) is 2. The first-order valence-electron chi connectivity index (χ1n) is 7.79. The van der Waals surface area contributed by atoms with Gasteiger partial charge < -0.3 is 20.7 Å². The van der Waals surface area contributed by atoms with Crippen LogP contribution in [0, 0.1) is 5.92 Å². The molecule has 1 aromatic carbocycles. The minimum absolute atomic E-state index is 0.197. The molecule has 0 aliphatic heterocycles. The summed E-state index contributed by atoms with van der Waals surface area (Å²) in [5.41, 5.74) is 2.19. The van der Waals surface area contributed by atoms with Crippen LogP contribution in [0.3, 0.4) is 0 Å². The Kier molecular flexibility index (Phi) is 5.62. The van der Waals surface area contributed by atoms with Crippen molar-refractivity contribution in [1.29, 1.82) is 0 Å². The number of carbonyl (C=O) groups excluding carboxylic acids is 1. The number of aliphatic carboxylic acids is 1. The van der Waals surface area contributed by atoms with Crippen LogP contribution in [-0.4, -0.2) is 34.7 Å². The second kappa shape index (κ2) is 7.67. The highest BCUT2D eigenvalue weighted by Crippen LogP contribution is 2.17. The van der Waals surface area contributed by atoms with E-state index in [0.717, 1.165) is 16.5 Å². The monoisotopic (exact) mass is 317 g/mol. The fraction of sp³-hybridized carbons (Fsp3) is 0.412. The largest absolute Gasteiger partial charge is 0.480 e. The van der Waals surface area contributed by atoms with Crippen molar-refractivity contribution >= 4 is 22.9 Å². The Morgan fingerprint density at radius 3 is 2.70 bits per heavy atom. The fourth-order valence-corrected chi connectivity index (χ4v) is 2.55. The van der Waals surface area contributed by atoms with Gasteiger partial charge in [-0.25, -0.2) is 9.59 Å². The Morgan fingerprint density at radius 2 is 2.00 bits per heavy atom. The number of carboxylic acid groups (broad SMARTS) is 1. The average molecular weight is 317 g/mol. The number of hydrogen-bond donors (Lipinski definition) is 4. The molecular weight excluding hydrogens is 294 g/mol. The zero-order valence-corrected chi connectivity index (χ0v) is 13.4. The molecule has 0 aliphatic rings. The molecule has 0 saturated heterocycles. The molecule has 6 nitrogen and oxygen atoms in total. The Morgan fingerprint density at radius 1 is 1.26 bits per heavy atom. The number of carboxylic acids is 1. The van der Waals surface area contributed by atoms with Crippen molar-refractivity contribution in [3.8, 4) is 0 Å². The van der Waals surface area contributed by atoms with E-state index in [-0.39, 0.29) is 5.92 Å². The third-order valence-electron chi connectivity index (χ3n) is 3.67. The average Bonchev–Trinajstić information content (AvgIpc) is 2.89. The van der Waals surface area contributed by atoms with Crippen molar-refractivity contribution in [2.45, 2.75) is 32.7 Å². The Balaban J connectivity index is 1.83. The van der Waals surface area contributed by atoms with Gasteiger partial charge in [-0.1, -0.05) is 32.0 Å². The summed E-state index contributed by atoms with van der Waals surface area (Å²) in [4.78, 5) is 26.2. The highest BCUT2D eigenvalue weighted by Gasteiger charge is 2.20. The summed E-state index contributed by atoms with van der Waals surface area (Å²) in [5, 5.41) is 15.5. The lowest BCUT2D eigenvalue weighted by atomic mass is 10.0. The predicted molar refractivity (Wildman–Crippen MR) is 89.4 cm³/mol. The van der Waals surface area contributed by atoms with E-state index >= 15 is 0 Å². The maximum atomic E-state index is 11.8. The first-order valence-corrected chi connectivity index (χ1v) is 7.79. The molecule has 2 amide bonds. The minimum atomic E-state index is -1.01. The van der Waals surface area contributed by atoms with Gasteiger partial charge in [0.05, 0.1) is 0 Å². The van der Waals surface area contributed by atoms with E-state index in [1.165, 1.54) is 0 Å². The molecule has 2 aromatic rings. The first kappa shape index (κ1) is 16.9. The highest BCUT2D eigenvalue weighted by molar-refractivity contribution is 5.84. The van der Waals surface area contributed by atoms with Gasteiger partial charge in [0, 0.05) is 23.6 Å². The number of para-hydroxylation sites is 1. The Bertz CT molecular complexity index is 679. The van der Waals surface area contributed by atoms with E-state index in [0.29, 0.717) is 19.4 Å². The van der Waals surface area contributed by atoms with E-state index in [1.54, 1.807) is 0 Å². The van der Waals surface area contributed by atoms with Gasteiger partial charge in [-0.05, 0) is 30.4 Å². The van der Waals surface area contributed by atoms with E-state index < -0.39 is 18.0 Å². The normalized spacial score (nSPS) is 12.3. The van der Waals surface area contributed by atoms with Crippen LogP contribution in [0.5, 0.6) is 0 Å². The van der Waals surface area contributed by atoms with Gasteiger partial charge in [0.25, 0.3) is 0 Å². The second-order valence-electron chi connectivity index (χ2n) is 6.03. The molecule has 0 fully saturated rings. The van der Waals surface area contributed by atoms with Gasteiger partial charge >= 0.3 is 12.0 Å². The van der Waals surface area contributed by atoms with Gasteiger partial charge in [-0.15, -0.1) is 0 Å². The number of amides is 2. The lowest BCUT2D eigenvalue weighted by molar-refractivity contribution is -0.139. The van der Waals surface area contributed by atoms with Crippen LogP contribution in [-0.2, 0) is 11.2 Å². The molecule has 4 N–H and O–H groups in total. The molecule has 0 bridgehead atoms. The Labute approximate surface area is 135 Å².